The van der Waals surface area contributed by atoms with Gasteiger partial charge in [0.25, 0.3) is 5.89 Å². The van der Waals surface area contributed by atoms with Gasteiger partial charge in [0.2, 0.25) is 11.7 Å². The van der Waals surface area contributed by atoms with Crippen molar-refractivity contribution in [1.82, 2.24) is 30.0 Å². The van der Waals surface area contributed by atoms with Crippen LogP contribution in [0.15, 0.2) is 65.8 Å². The molecule has 0 unspecified atom stereocenters. The Morgan fingerprint density at radius 2 is 2.00 bits per heavy atom. The number of carbonyl (C=O) groups is 1. The van der Waals surface area contributed by atoms with Crippen LogP contribution in [0.5, 0.6) is 0 Å². The molecule has 0 saturated heterocycles. The second-order valence-corrected chi connectivity index (χ2v) is 5.96. The molecule has 0 bridgehead atoms. The molecule has 1 aromatic carbocycles. The predicted molar refractivity (Wildman–Crippen MR) is 97.0 cm³/mol. The van der Waals surface area contributed by atoms with Gasteiger partial charge in [0, 0.05) is 36.3 Å². The number of hydrogen-bond acceptors (Lipinski definition) is 6. The van der Waals surface area contributed by atoms with Crippen LogP contribution in [-0.4, -0.2) is 30.6 Å². The summed E-state index contributed by atoms with van der Waals surface area (Å²) < 4.78 is 20.4. The fourth-order valence-electron chi connectivity index (χ4n) is 2.56. The highest BCUT2D eigenvalue weighted by molar-refractivity contribution is 5.75. The van der Waals surface area contributed by atoms with Gasteiger partial charge in [0.1, 0.15) is 18.1 Å². The van der Waals surface area contributed by atoms with Gasteiger partial charge in [-0.25, -0.2) is 9.37 Å². The largest absolute Gasteiger partial charge is 0.350 e. The first-order chi connectivity index (χ1) is 13.7. The van der Waals surface area contributed by atoms with Gasteiger partial charge >= 0.3 is 0 Å². The third kappa shape index (κ3) is 3.93. The van der Waals surface area contributed by atoms with E-state index in [0.717, 1.165) is 5.56 Å². The standard InChI is InChI=1S/C19H15FN6O2/c20-15-4-2-1-3-14(15)9-22-17(27)11-26-10-16(23-12-26)18-24-19(28-25-18)13-5-7-21-8-6-13/h1-8,10,12H,9,11H2,(H,22,27). The minimum Gasteiger partial charge on any atom is -0.350 e. The highest BCUT2D eigenvalue weighted by Gasteiger charge is 2.13. The molecule has 0 aliphatic rings. The maximum atomic E-state index is 13.6. The van der Waals surface area contributed by atoms with Crippen molar-refractivity contribution in [2.24, 2.45) is 0 Å². The lowest BCUT2D eigenvalue weighted by atomic mass is 10.2. The summed E-state index contributed by atoms with van der Waals surface area (Å²) in [5.74, 6) is 0.0551. The molecule has 0 atom stereocenters. The SMILES string of the molecule is O=C(Cn1cnc(-c2noc(-c3ccncc3)n2)c1)NCc1ccccc1F. The van der Waals surface area contributed by atoms with Crippen molar-refractivity contribution in [1.29, 1.82) is 0 Å². The molecule has 8 nitrogen and oxygen atoms in total. The van der Waals surface area contributed by atoms with Crippen molar-refractivity contribution < 1.29 is 13.7 Å². The van der Waals surface area contributed by atoms with Gasteiger partial charge in [0.05, 0.1) is 6.33 Å². The molecule has 1 N–H and O–H groups in total. The first kappa shape index (κ1) is 17.5. The second kappa shape index (κ2) is 7.78. The van der Waals surface area contributed by atoms with Gasteiger partial charge in [-0.3, -0.25) is 9.78 Å². The lowest BCUT2D eigenvalue weighted by molar-refractivity contribution is -0.121. The summed E-state index contributed by atoms with van der Waals surface area (Å²) in [5.41, 5.74) is 1.66. The van der Waals surface area contributed by atoms with E-state index in [-0.39, 0.29) is 24.8 Å². The van der Waals surface area contributed by atoms with Crippen LogP contribution in [0, 0.1) is 5.82 Å². The van der Waals surface area contributed by atoms with E-state index in [1.807, 2.05) is 0 Å². The first-order valence-electron chi connectivity index (χ1n) is 8.45. The molecule has 0 radical (unpaired) electrons. The van der Waals surface area contributed by atoms with E-state index in [1.165, 1.54) is 12.4 Å². The zero-order valence-electron chi connectivity index (χ0n) is 14.6. The summed E-state index contributed by atoms with van der Waals surface area (Å²) in [6.45, 7) is 0.156. The number of nitrogens with zero attached hydrogens (tertiary/aromatic N) is 5. The molecule has 0 aliphatic heterocycles. The molecule has 9 heteroatoms. The Labute approximate surface area is 159 Å². The Bertz CT molecular complexity index is 1090. The van der Waals surface area contributed by atoms with Crippen molar-refractivity contribution in [3.05, 3.63) is 72.7 Å². The van der Waals surface area contributed by atoms with Crippen molar-refractivity contribution >= 4 is 5.91 Å². The van der Waals surface area contributed by atoms with Gasteiger partial charge in [-0.05, 0) is 18.2 Å². The van der Waals surface area contributed by atoms with E-state index in [2.05, 4.69) is 25.4 Å². The van der Waals surface area contributed by atoms with Crippen LogP contribution in [0.1, 0.15) is 5.56 Å². The minimum atomic E-state index is -0.352. The summed E-state index contributed by atoms with van der Waals surface area (Å²) >= 11 is 0. The Hall–Kier alpha value is -3.88. The van der Waals surface area contributed by atoms with E-state index in [4.69, 9.17) is 4.52 Å². The van der Waals surface area contributed by atoms with Gasteiger partial charge < -0.3 is 14.4 Å². The number of benzene rings is 1. The molecule has 140 valence electrons. The van der Waals surface area contributed by atoms with Gasteiger partial charge in [-0.15, -0.1) is 0 Å². The third-order valence-electron chi connectivity index (χ3n) is 3.98. The summed E-state index contributed by atoms with van der Waals surface area (Å²) in [6.07, 6.45) is 6.41. The maximum Gasteiger partial charge on any atom is 0.258 e. The lowest BCUT2D eigenvalue weighted by Crippen LogP contribution is -2.27. The molecule has 0 fully saturated rings. The summed E-state index contributed by atoms with van der Waals surface area (Å²) in [7, 11) is 0. The van der Waals surface area contributed by atoms with E-state index in [9.17, 15) is 9.18 Å². The van der Waals surface area contributed by atoms with Crippen LogP contribution >= 0.6 is 0 Å². The van der Waals surface area contributed by atoms with Crippen molar-refractivity contribution in [2.45, 2.75) is 13.1 Å². The molecule has 0 aliphatic carbocycles. The summed E-state index contributed by atoms with van der Waals surface area (Å²) in [4.78, 5) is 24.5. The Morgan fingerprint density at radius 1 is 1.18 bits per heavy atom. The second-order valence-electron chi connectivity index (χ2n) is 5.96. The van der Waals surface area contributed by atoms with E-state index in [1.54, 1.807) is 53.5 Å². The van der Waals surface area contributed by atoms with Crippen LogP contribution < -0.4 is 5.32 Å². The lowest BCUT2D eigenvalue weighted by Gasteiger charge is -2.06. The molecule has 4 rings (SSSR count). The zero-order valence-corrected chi connectivity index (χ0v) is 14.6. The molecule has 1 amide bonds. The highest BCUT2D eigenvalue weighted by Crippen LogP contribution is 2.20. The highest BCUT2D eigenvalue weighted by atomic mass is 19.1. The number of nitrogens with one attached hydrogen (secondary N) is 1. The molecular weight excluding hydrogens is 363 g/mol. The zero-order chi connectivity index (χ0) is 19.3. The van der Waals surface area contributed by atoms with Crippen LogP contribution in [0.2, 0.25) is 0 Å². The number of imidazole rings is 1. The van der Waals surface area contributed by atoms with Gasteiger partial charge in [0.15, 0.2) is 0 Å². The van der Waals surface area contributed by atoms with Crippen LogP contribution in [0.25, 0.3) is 23.0 Å². The van der Waals surface area contributed by atoms with E-state index in [0.29, 0.717) is 23.0 Å². The maximum absolute atomic E-state index is 13.6. The van der Waals surface area contributed by atoms with Crippen LogP contribution in [0.4, 0.5) is 4.39 Å². The molecule has 0 saturated carbocycles. The number of halogens is 1. The minimum absolute atomic E-state index is 0.0382. The number of pyridine rings is 1. The Balaban J connectivity index is 1.39. The third-order valence-corrected chi connectivity index (χ3v) is 3.98. The van der Waals surface area contributed by atoms with Crippen molar-refractivity contribution in [2.75, 3.05) is 0 Å². The van der Waals surface area contributed by atoms with E-state index >= 15 is 0 Å². The molecule has 4 aromatic rings. The molecule has 0 spiro atoms. The number of amides is 1. The van der Waals surface area contributed by atoms with E-state index < -0.39 is 0 Å². The Kier molecular flexibility index (Phi) is 4.87. The number of rotatable bonds is 6. The monoisotopic (exact) mass is 378 g/mol. The molecule has 3 aromatic heterocycles. The number of hydrogen-bond donors (Lipinski definition) is 1. The van der Waals surface area contributed by atoms with Crippen LogP contribution in [-0.2, 0) is 17.9 Å². The Morgan fingerprint density at radius 3 is 2.82 bits per heavy atom. The quantitative estimate of drug-likeness (QED) is 0.553. The first-order valence-corrected chi connectivity index (χ1v) is 8.45. The molecular formula is C19H15FN6O2. The van der Waals surface area contributed by atoms with Crippen molar-refractivity contribution in [3.63, 3.8) is 0 Å². The summed E-state index contributed by atoms with van der Waals surface area (Å²) in [6, 6.07) is 9.82. The topological polar surface area (TPSA) is 98.7 Å². The normalized spacial score (nSPS) is 10.8. The van der Waals surface area contributed by atoms with Gasteiger partial charge in [-0.1, -0.05) is 23.4 Å². The fourth-order valence-corrected chi connectivity index (χ4v) is 2.56. The number of carbonyl (C=O) groups excluding carboxylic acids is 1. The predicted octanol–water partition coefficient (Wildman–Crippen LogP) is 2.45. The van der Waals surface area contributed by atoms with Crippen molar-refractivity contribution in [3.8, 4) is 23.0 Å². The summed E-state index contributed by atoms with van der Waals surface area (Å²) in [5, 5.41) is 6.60. The smallest absolute Gasteiger partial charge is 0.258 e. The average molecular weight is 378 g/mol. The average Bonchev–Trinajstić information content (AvgIpc) is 3.38. The number of aromatic nitrogens is 5. The van der Waals surface area contributed by atoms with Gasteiger partial charge in [-0.2, -0.15) is 4.98 Å². The molecule has 3 heterocycles. The fraction of sp³-hybridized carbons (Fsp3) is 0.105. The van der Waals surface area contributed by atoms with Crippen LogP contribution in [0.3, 0.4) is 0 Å². The molecule has 28 heavy (non-hydrogen) atoms.